The Labute approximate surface area is 111 Å². The van der Waals surface area contributed by atoms with Crippen LogP contribution in [0.4, 0.5) is 0 Å². The summed E-state index contributed by atoms with van der Waals surface area (Å²) in [6.07, 6.45) is 7.24. The van der Waals surface area contributed by atoms with Crippen molar-refractivity contribution in [3.8, 4) is 0 Å². The van der Waals surface area contributed by atoms with E-state index in [0.29, 0.717) is 19.2 Å². The van der Waals surface area contributed by atoms with Crippen molar-refractivity contribution in [1.82, 2.24) is 5.32 Å². The van der Waals surface area contributed by atoms with Gasteiger partial charge in [0, 0.05) is 13.2 Å². The second kappa shape index (κ2) is 10.7. The predicted octanol–water partition coefficient (Wildman–Crippen LogP) is 1.71. The van der Waals surface area contributed by atoms with Crippen molar-refractivity contribution in [2.24, 2.45) is 0 Å². The maximum absolute atomic E-state index is 9.66. The van der Waals surface area contributed by atoms with E-state index in [0.717, 1.165) is 26.2 Å². The Hall–Kier alpha value is -0.160. The number of nitrogens with one attached hydrogen (secondary N) is 1. The van der Waals surface area contributed by atoms with Crippen LogP contribution in [-0.2, 0) is 9.47 Å². The summed E-state index contributed by atoms with van der Waals surface area (Å²) >= 11 is 0. The lowest BCUT2D eigenvalue weighted by atomic mass is 10.1. The molecule has 0 amide bonds. The molecule has 0 aromatic rings. The van der Waals surface area contributed by atoms with E-state index in [2.05, 4.69) is 12.2 Å². The van der Waals surface area contributed by atoms with Gasteiger partial charge in [0.05, 0.1) is 32.0 Å². The van der Waals surface area contributed by atoms with E-state index in [-0.39, 0.29) is 0 Å². The van der Waals surface area contributed by atoms with Crippen molar-refractivity contribution in [1.29, 1.82) is 0 Å². The molecule has 108 valence electrons. The number of ether oxygens (including phenoxy) is 2. The lowest BCUT2D eigenvalue weighted by Gasteiger charge is -2.27. The molecule has 4 nitrogen and oxygen atoms in total. The quantitative estimate of drug-likeness (QED) is 0.524. The number of hydrogen-bond acceptors (Lipinski definition) is 4. The van der Waals surface area contributed by atoms with Crippen LogP contribution in [0.1, 0.15) is 45.4 Å². The molecule has 18 heavy (non-hydrogen) atoms. The normalized spacial score (nSPS) is 17.7. The van der Waals surface area contributed by atoms with Gasteiger partial charge in [0.15, 0.2) is 0 Å². The van der Waals surface area contributed by atoms with Gasteiger partial charge in [0.1, 0.15) is 0 Å². The van der Waals surface area contributed by atoms with Gasteiger partial charge in [-0.15, -0.1) is 0 Å². The second-order valence-corrected chi connectivity index (χ2v) is 5.14. The summed E-state index contributed by atoms with van der Waals surface area (Å²) in [7, 11) is 0. The van der Waals surface area contributed by atoms with Gasteiger partial charge in [-0.1, -0.05) is 39.0 Å². The first-order valence-corrected chi connectivity index (χ1v) is 7.40. The number of aliphatic hydroxyl groups excluding tert-OH is 1. The molecule has 4 heteroatoms. The van der Waals surface area contributed by atoms with E-state index < -0.39 is 6.10 Å². The average molecular weight is 259 g/mol. The highest BCUT2D eigenvalue weighted by Crippen LogP contribution is 2.05. The summed E-state index contributed by atoms with van der Waals surface area (Å²) in [6, 6.07) is 0.429. The summed E-state index contributed by atoms with van der Waals surface area (Å²) in [5, 5.41) is 12.9. The van der Waals surface area contributed by atoms with Crippen molar-refractivity contribution >= 4 is 0 Å². The topological polar surface area (TPSA) is 50.7 Å². The van der Waals surface area contributed by atoms with E-state index in [4.69, 9.17) is 9.47 Å². The zero-order valence-electron chi connectivity index (χ0n) is 11.7. The minimum atomic E-state index is -0.398. The van der Waals surface area contributed by atoms with Gasteiger partial charge in [0.25, 0.3) is 0 Å². The number of unbranched alkanes of at least 4 members (excludes halogenated alkanes) is 5. The number of aliphatic hydroxyl groups is 1. The first-order valence-electron chi connectivity index (χ1n) is 7.40. The van der Waals surface area contributed by atoms with Crippen molar-refractivity contribution in [2.45, 2.75) is 57.6 Å². The van der Waals surface area contributed by atoms with E-state index >= 15 is 0 Å². The zero-order chi connectivity index (χ0) is 13.1. The molecular formula is C14H29NO3. The average Bonchev–Trinajstić information content (AvgIpc) is 2.30. The third-order valence-electron chi connectivity index (χ3n) is 3.23. The Balaban J connectivity index is 1.76. The van der Waals surface area contributed by atoms with Crippen LogP contribution in [0, 0.1) is 0 Å². The van der Waals surface area contributed by atoms with Gasteiger partial charge in [0.2, 0.25) is 0 Å². The van der Waals surface area contributed by atoms with Crippen molar-refractivity contribution in [2.75, 3.05) is 33.0 Å². The molecule has 0 aromatic carbocycles. The molecule has 1 unspecified atom stereocenters. The molecule has 0 aliphatic carbocycles. The third kappa shape index (κ3) is 8.03. The summed E-state index contributed by atoms with van der Waals surface area (Å²) in [6.45, 7) is 5.58. The summed E-state index contributed by atoms with van der Waals surface area (Å²) in [5.74, 6) is 0. The molecule has 1 aliphatic rings. The van der Waals surface area contributed by atoms with Crippen molar-refractivity contribution in [3.63, 3.8) is 0 Å². The fraction of sp³-hybridized carbons (Fsp3) is 1.00. The fourth-order valence-corrected chi connectivity index (χ4v) is 1.92. The Morgan fingerprint density at radius 2 is 1.94 bits per heavy atom. The van der Waals surface area contributed by atoms with E-state index in [9.17, 15) is 5.11 Å². The standard InChI is InChI=1S/C14H29NO3/c1-2-3-4-5-6-7-8-17-12-14(16)9-15-13-10-18-11-13/h13-16H,2-12H2,1H3. The Morgan fingerprint density at radius 3 is 2.61 bits per heavy atom. The van der Waals surface area contributed by atoms with Crippen molar-refractivity contribution in [3.05, 3.63) is 0 Å². The lowest BCUT2D eigenvalue weighted by molar-refractivity contribution is -0.0171. The fourth-order valence-electron chi connectivity index (χ4n) is 1.92. The molecule has 1 atom stereocenters. The molecule has 0 radical (unpaired) electrons. The molecule has 1 saturated heterocycles. The molecule has 0 spiro atoms. The molecule has 0 bridgehead atoms. The minimum absolute atomic E-state index is 0.398. The van der Waals surface area contributed by atoms with E-state index in [1.54, 1.807) is 0 Å². The Kier molecular flexibility index (Phi) is 9.48. The highest BCUT2D eigenvalue weighted by molar-refractivity contribution is 4.74. The number of rotatable bonds is 12. The first kappa shape index (κ1) is 15.9. The van der Waals surface area contributed by atoms with E-state index in [1.165, 1.54) is 32.1 Å². The largest absolute Gasteiger partial charge is 0.389 e. The third-order valence-corrected chi connectivity index (χ3v) is 3.23. The maximum atomic E-state index is 9.66. The van der Waals surface area contributed by atoms with Crippen LogP contribution in [0.25, 0.3) is 0 Å². The van der Waals surface area contributed by atoms with Gasteiger partial charge in [-0.25, -0.2) is 0 Å². The van der Waals surface area contributed by atoms with Gasteiger partial charge in [-0.2, -0.15) is 0 Å². The Bertz CT molecular complexity index is 186. The summed E-state index contributed by atoms with van der Waals surface area (Å²) < 4.78 is 10.5. The molecule has 1 heterocycles. The Morgan fingerprint density at radius 1 is 1.22 bits per heavy atom. The summed E-state index contributed by atoms with van der Waals surface area (Å²) in [4.78, 5) is 0. The minimum Gasteiger partial charge on any atom is -0.389 e. The molecular weight excluding hydrogens is 230 g/mol. The van der Waals surface area contributed by atoms with Crippen molar-refractivity contribution < 1.29 is 14.6 Å². The highest BCUT2D eigenvalue weighted by Gasteiger charge is 2.18. The maximum Gasteiger partial charge on any atom is 0.0897 e. The lowest BCUT2D eigenvalue weighted by Crippen LogP contribution is -2.48. The van der Waals surface area contributed by atoms with Gasteiger partial charge < -0.3 is 19.9 Å². The van der Waals surface area contributed by atoms with Crippen LogP contribution < -0.4 is 5.32 Å². The first-order chi connectivity index (χ1) is 8.83. The SMILES string of the molecule is CCCCCCCCOCC(O)CNC1COC1. The summed E-state index contributed by atoms with van der Waals surface area (Å²) in [5.41, 5.74) is 0. The molecule has 2 N–H and O–H groups in total. The molecule has 1 aliphatic heterocycles. The van der Waals surface area contributed by atoms with Crippen LogP contribution in [0.5, 0.6) is 0 Å². The number of hydrogen-bond donors (Lipinski definition) is 2. The van der Waals surface area contributed by atoms with Crippen LogP contribution in [0.2, 0.25) is 0 Å². The van der Waals surface area contributed by atoms with Crippen LogP contribution >= 0.6 is 0 Å². The zero-order valence-corrected chi connectivity index (χ0v) is 11.7. The van der Waals surface area contributed by atoms with E-state index in [1.807, 2.05) is 0 Å². The second-order valence-electron chi connectivity index (χ2n) is 5.14. The molecule has 1 fully saturated rings. The molecule has 0 saturated carbocycles. The smallest absolute Gasteiger partial charge is 0.0897 e. The van der Waals surface area contributed by atoms with Gasteiger partial charge in [-0.3, -0.25) is 0 Å². The highest BCUT2D eigenvalue weighted by atomic mass is 16.5. The predicted molar refractivity (Wildman–Crippen MR) is 72.8 cm³/mol. The van der Waals surface area contributed by atoms with Gasteiger partial charge in [-0.05, 0) is 6.42 Å². The van der Waals surface area contributed by atoms with Crippen LogP contribution in [0.15, 0.2) is 0 Å². The van der Waals surface area contributed by atoms with Gasteiger partial charge >= 0.3 is 0 Å². The van der Waals surface area contributed by atoms with Crippen LogP contribution in [0.3, 0.4) is 0 Å². The molecule has 1 rings (SSSR count). The van der Waals surface area contributed by atoms with Crippen LogP contribution in [-0.4, -0.2) is 50.2 Å². The molecule has 0 aromatic heterocycles. The monoisotopic (exact) mass is 259 g/mol.